The van der Waals surface area contributed by atoms with E-state index in [-0.39, 0.29) is 11.6 Å². The van der Waals surface area contributed by atoms with Crippen LogP contribution < -0.4 is 16.2 Å². The highest BCUT2D eigenvalue weighted by molar-refractivity contribution is 5.94. The predicted octanol–water partition coefficient (Wildman–Crippen LogP) is 0.356. The predicted molar refractivity (Wildman–Crippen MR) is 79.1 cm³/mol. The van der Waals surface area contributed by atoms with Crippen molar-refractivity contribution in [3.05, 3.63) is 27.2 Å². The summed E-state index contributed by atoms with van der Waals surface area (Å²) in [6.45, 7) is 6.53. The van der Waals surface area contributed by atoms with Gasteiger partial charge in [0, 0.05) is 6.04 Å². The van der Waals surface area contributed by atoms with Gasteiger partial charge >= 0.3 is 6.03 Å². The van der Waals surface area contributed by atoms with Crippen LogP contribution in [0.4, 0.5) is 4.79 Å². The quantitative estimate of drug-likeness (QED) is 0.832. The van der Waals surface area contributed by atoms with Crippen LogP contribution in [-0.2, 0) is 11.3 Å². The molecule has 8 heteroatoms. The summed E-state index contributed by atoms with van der Waals surface area (Å²) in [6, 6.07) is 1.11. The molecule has 0 fully saturated rings. The summed E-state index contributed by atoms with van der Waals surface area (Å²) >= 11 is 0. The molecule has 0 aromatic carbocycles. The Labute approximate surface area is 128 Å². The second kappa shape index (κ2) is 7.36. The van der Waals surface area contributed by atoms with Crippen LogP contribution in [0.15, 0.2) is 4.79 Å². The average Bonchev–Trinajstić information content (AvgIpc) is 2.44. The molecule has 118 valence electrons. The van der Waals surface area contributed by atoms with Crippen LogP contribution in [0.1, 0.15) is 37.1 Å². The van der Waals surface area contributed by atoms with E-state index in [1.165, 1.54) is 0 Å². The van der Waals surface area contributed by atoms with Crippen molar-refractivity contribution >= 4 is 11.9 Å². The fraction of sp³-hybridized carbons (Fsp3) is 0.500. The van der Waals surface area contributed by atoms with Gasteiger partial charge in [-0.05, 0) is 32.8 Å². The lowest BCUT2D eigenvalue weighted by atomic mass is 10.1. The third-order valence-corrected chi connectivity index (χ3v) is 3.28. The third-order valence-electron chi connectivity index (χ3n) is 3.28. The van der Waals surface area contributed by atoms with Crippen LogP contribution >= 0.6 is 0 Å². The molecule has 0 aliphatic heterocycles. The van der Waals surface area contributed by atoms with Crippen molar-refractivity contribution in [2.45, 2.75) is 46.7 Å². The SMILES string of the molecule is CC[C@H](C)NC(=O)NC(=O)Cn1nc(C)c(C)c(C#N)c1=O. The fourth-order valence-corrected chi connectivity index (χ4v) is 1.67. The molecule has 1 heterocycles. The largest absolute Gasteiger partial charge is 0.335 e. The van der Waals surface area contributed by atoms with Gasteiger partial charge < -0.3 is 5.32 Å². The van der Waals surface area contributed by atoms with Crippen LogP contribution in [0.2, 0.25) is 0 Å². The zero-order valence-electron chi connectivity index (χ0n) is 13.1. The molecule has 0 bridgehead atoms. The first-order valence-corrected chi connectivity index (χ1v) is 6.88. The van der Waals surface area contributed by atoms with Crippen LogP contribution in [-0.4, -0.2) is 27.8 Å². The molecule has 22 heavy (non-hydrogen) atoms. The van der Waals surface area contributed by atoms with E-state index < -0.39 is 24.0 Å². The lowest BCUT2D eigenvalue weighted by Gasteiger charge is -2.12. The molecule has 1 atom stereocenters. The summed E-state index contributed by atoms with van der Waals surface area (Å²) in [5.41, 5.74) is 0.263. The van der Waals surface area contributed by atoms with Crippen LogP contribution in [0, 0.1) is 25.2 Å². The number of urea groups is 1. The summed E-state index contributed by atoms with van der Waals surface area (Å²) in [7, 11) is 0. The highest BCUT2D eigenvalue weighted by Crippen LogP contribution is 2.04. The average molecular weight is 305 g/mol. The molecule has 8 nitrogen and oxygen atoms in total. The van der Waals surface area contributed by atoms with Gasteiger partial charge in [-0.2, -0.15) is 10.4 Å². The van der Waals surface area contributed by atoms with Gasteiger partial charge in [-0.1, -0.05) is 6.92 Å². The van der Waals surface area contributed by atoms with Crippen molar-refractivity contribution in [3.63, 3.8) is 0 Å². The zero-order valence-corrected chi connectivity index (χ0v) is 13.1. The molecule has 0 aliphatic rings. The number of nitrogens with one attached hydrogen (secondary N) is 2. The van der Waals surface area contributed by atoms with Gasteiger partial charge in [-0.25, -0.2) is 9.48 Å². The van der Waals surface area contributed by atoms with E-state index in [0.29, 0.717) is 11.3 Å². The lowest BCUT2D eigenvalue weighted by molar-refractivity contribution is -0.120. The van der Waals surface area contributed by atoms with Gasteiger partial charge in [0.1, 0.15) is 18.2 Å². The molecule has 3 amide bonds. The molecule has 0 aliphatic carbocycles. The van der Waals surface area contributed by atoms with Crippen molar-refractivity contribution < 1.29 is 9.59 Å². The number of aryl methyl sites for hydroxylation is 1. The van der Waals surface area contributed by atoms with Gasteiger partial charge in [-0.3, -0.25) is 14.9 Å². The summed E-state index contributed by atoms with van der Waals surface area (Å²) < 4.78 is 0.882. The smallest absolute Gasteiger partial charge is 0.321 e. The molecule has 0 spiro atoms. The Kier molecular flexibility index (Phi) is 5.81. The maximum atomic E-state index is 12.0. The van der Waals surface area contributed by atoms with E-state index in [1.54, 1.807) is 20.8 Å². The van der Waals surface area contributed by atoms with E-state index in [9.17, 15) is 14.4 Å². The van der Waals surface area contributed by atoms with Gasteiger partial charge in [0.15, 0.2) is 0 Å². The van der Waals surface area contributed by atoms with Crippen molar-refractivity contribution in [1.82, 2.24) is 20.4 Å². The number of carbonyl (C=O) groups is 2. The van der Waals surface area contributed by atoms with Gasteiger partial charge in [0.05, 0.1) is 5.69 Å². The molecular weight excluding hydrogens is 286 g/mol. The van der Waals surface area contributed by atoms with Crippen LogP contribution in [0.25, 0.3) is 0 Å². The van der Waals surface area contributed by atoms with E-state index in [0.717, 1.165) is 11.1 Å². The number of rotatable bonds is 4. The van der Waals surface area contributed by atoms with Gasteiger partial charge in [0.2, 0.25) is 5.91 Å². The molecule has 1 rings (SSSR count). The molecule has 0 saturated heterocycles. The number of hydrogen-bond acceptors (Lipinski definition) is 5. The first-order valence-electron chi connectivity index (χ1n) is 6.88. The molecule has 0 saturated carbocycles. The monoisotopic (exact) mass is 305 g/mol. The third kappa shape index (κ3) is 4.15. The van der Waals surface area contributed by atoms with Crippen LogP contribution in [0.5, 0.6) is 0 Å². The summed E-state index contributed by atoms with van der Waals surface area (Å²) in [6.07, 6.45) is 0.727. The zero-order chi connectivity index (χ0) is 16.9. The second-order valence-corrected chi connectivity index (χ2v) is 4.99. The Morgan fingerprint density at radius 2 is 2.05 bits per heavy atom. The highest BCUT2D eigenvalue weighted by atomic mass is 16.2. The minimum Gasteiger partial charge on any atom is -0.335 e. The normalized spacial score (nSPS) is 11.4. The maximum absolute atomic E-state index is 12.0. The molecule has 2 N–H and O–H groups in total. The number of hydrogen-bond donors (Lipinski definition) is 2. The van der Waals surface area contributed by atoms with Crippen molar-refractivity contribution in [2.75, 3.05) is 0 Å². The minimum atomic E-state index is -0.678. The number of nitrogens with zero attached hydrogens (tertiary/aromatic N) is 3. The highest BCUT2D eigenvalue weighted by Gasteiger charge is 2.15. The van der Waals surface area contributed by atoms with E-state index in [1.807, 2.05) is 13.0 Å². The maximum Gasteiger partial charge on any atom is 0.321 e. The Balaban J connectivity index is 2.86. The summed E-state index contributed by atoms with van der Waals surface area (Å²) in [4.78, 5) is 35.3. The number of nitriles is 1. The first-order chi connectivity index (χ1) is 10.3. The Morgan fingerprint density at radius 3 is 2.59 bits per heavy atom. The first kappa shape index (κ1) is 17.4. The van der Waals surface area contributed by atoms with E-state index in [2.05, 4.69) is 15.7 Å². The topological polar surface area (TPSA) is 117 Å². The van der Waals surface area contributed by atoms with E-state index >= 15 is 0 Å². The second-order valence-electron chi connectivity index (χ2n) is 4.99. The van der Waals surface area contributed by atoms with Crippen molar-refractivity contribution in [3.8, 4) is 6.07 Å². The summed E-state index contributed by atoms with van der Waals surface area (Å²) in [5.74, 6) is -0.678. The van der Waals surface area contributed by atoms with Crippen molar-refractivity contribution in [2.24, 2.45) is 0 Å². The molecule has 1 aromatic rings. The molecule has 1 aromatic heterocycles. The lowest BCUT2D eigenvalue weighted by Crippen LogP contribution is -2.45. The number of carbonyl (C=O) groups excluding carboxylic acids is 2. The van der Waals surface area contributed by atoms with E-state index in [4.69, 9.17) is 5.26 Å². The fourth-order valence-electron chi connectivity index (χ4n) is 1.67. The molecular formula is C14H19N5O3. The van der Waals surface area contributed by atoms with Gasteiger partial charge in [-0.15, -0.1) is 0 Å². The number of aromatic nitrogens is 2. The van der Waals surface area contributed by atoms with Gasteiger partial charge in [0.25, 0.3) is 5.56 Å². The molecule has 0 unspecified atom stereocenters. The Hall–Kier alpha value is -2.69. The Bertz CT molecular complexity index is 687. The Morgan fingerprint density at radius 1 is 1.41 bits per heavy atom. The molecule has 0 radical (unpaired) electrons. The number of amides is 3. The standard InChI is InChI=1S/C14H19N5O3/c1-5-8(2)16-14(22)17-12(20)7-19-13(21)11(6-15)9(3)10(4)18-19/h8H,5,7H2,1-4H3,(H2,16,17,20,22)/t8-/m0/s1. The number of imide groups is 1. The van der Waals surface area contributed by atoms with Crippen molar-refractivity contribution in [1.29, 1.82) is 5.26 Å². The minimum absolute atomic E-state index is 0.0515. The van der Waals surface area contributed by atoms with Crippen LogP contribution in [0.3, 0.4) is 0 Å². The summed E-state index contributed by atoms with van der Waals surface area (Å²) in [5, 5.41) is 17.7.